The molecule has 0 saturated heterocycles. The minimum atomic E-state index is -0.864. The van der Waals surface area contributed by atoms with E-state index in [-0.39, 0.29) is 63.4 Å². The van der Waals surface area contributed by atoms with Gasteiger partial charge in [0.05, 0.1) is 6.61 Å². The van der Waals surface area contributed by atoms with Gasteiger partial charge in [0, 0.05) is 42.0 Å². The Morgan fingerprint density at radius 3 is 1.65 bits per heavy atom. The van der Waals surface area contributed by atoms with Crippen LogP contribution in [0.2, 0.25) is 0 Å². The molecular formula is C44H50O10. The van der Waals surface area contributed by atoms with Crippen molar-refractivity contribution in [2.24, 2.45) is 0 Å². The molecule has 286 valence electrons. The highest BCUT2D eigenvalue weighted by Crippen LogP contribution is 2.45. The first-order valence-corrected chi connectivity index (χ1v) is 18.1. The Morgan fingerprint density at radius 2 is 1.11 bits per heavy atom. The summed E-state index contributed by atoms with van der Waals surface area (Å²) in [7, 11) is 0. The van der Waals surface area contributed by atoms with Gasteiger partial charge in [0.15, 0.2) is 18.0 Å². The van der Waals surface area contributed by atoms with Crippen molar-refractivity contribution in [1.29, 1.82) is 0 Å². The Bertz CT molecular complexity index is 2330. The van der Waals surface area contributed by atoms with E-state index in [0.717, 1.165) is 67.8 Å². The van der Waals surface area contributed by atoms with Crippen LogP contribution in [0.3, 0.4) is 0 Å². The van der Waals surface area contributed by atoms with Crippen LogP contribution in [0, 0.1) is 69.2 Å². The Labute approximate surface area is 315 Å². The summed E-state index contributed by atoms with van der Waals surface area (Å²) < 4.78 is 23.6. The van der Waals surface area contributed by atoms with E-state index in [0.29, 0.717) is 12.4 Å². The standard InChI is InChI=1S/C22H26O5.C22H24O5/c2*1-7-26-22-20(25)19-16(24)8-15(23)9-17(19)27-21(22)18-13(5)11(3)10(2)12(4)14(18)6/h8-9,21-24H,7H2,1-6H3;8-9,23-24H,7H2,1-6H3. The summed E-state index contributed by atoms with van der Waals surface area (Å²) in [5.41, 5.74) is 12.6. The third-order valence-electron chi connectivity index (χ3n) is 11.2. The molecule has 2 unspecified atom stereocenters. The van der Waals surface area contributed by atoms with E-state index in [4.69, 9.17) is 18.6 Å². The van der Waals surface area contributed by atoms with E-state index in [9.17, 15) is 30.0 Å². The van der Waals surface area contributed by atoms with Crippen LogP contribution >= 0.6 is 0 Å². The minimum Gasteiger partial charge on any atom is -0.508 e. The molecule has 0 bridgehead atoms. The summed E-state index contributed by atoms with van der Waals surface area (Å²) in [5, 5.41) is 40.0. The fourth-order valence-corrected chi connectivity index (χ4v) is 7.46. The van der Waals surface area contributed by atoms with Crippen molar-refractivity contribution in [3.63, 3.8) is 0 Å². The van der Waals surface area contributed by atoms with E-state index < -0.39 is 17.6 Å². The molecule has 1 aromatic heterocycles. The first-order valence-electron chi connectivity index (χ1n) is 18.1. The van der Waals surface area contributed by atoms with Crippen LogP contribution in [-0.4, -0.2) is 45.5 Å². The van der Waals surface area contributed by atoms with Crippen LogP contribution in [0.5, 0.6) is 34.5 Å². The molecule has 0 fully saturated rings. The summed E-state index contributed by atoms with van der Waals surface area (Å²) in [4.78, 5) is 26.2. The van der Waals surface area contributed by atoms with Gasteiger partial charge >= 0.3 is 0 Å². The van der Waals surface area contributed by atoms with E-state index in [1.165, 1.54) is 23.3 Å². The number of fused-ring (bicyclic) bond motifs is 2. The number of rotatable bonds is 6. The molecule has 2 heterocycles. The monoisotopic (exact) mass is 738 g/mol. The molecule has 54 heavy (non-hydrogen) atoms. The lowest BCUT2D eigenvalue weighted by Crippen LogP contribution is -2.39. The largest absolute Gasteiger partial charge is 0.508 e. The van der Waals surface area contributed by atoms with Gasteiger partial charge in [-0.25, -0.2) is 0 Å². The summed E-state index contributed by atoms with van der Waals surface area (Å²) in [6.07, 6.45) is -1.51. The molecule has 4 N–H and O–H groups in total. The van der Waals surface area contributed by atoms with Crippen molar-refractivity contribution in [2.75, 3.05) is 13.2 Å². The van der Waals surface area contributed by atoms with Gasteiger partial charge in [-0.05, 0) is 139 Å². The first kappa shape index (κ1) is 39.7. The molecule has 6 rings (SSSR count). The van der Waals surface area contributed by atoms with Crippen molar-refractivity contribution in [2.45, 2.75) is 95.3 Å². The third kappa shape index (κ3) is 6.64. The molecule has 0 aliphatic carbocycles. The van der Waals surface area contributed by atoms with Crippen LogP contribution in [0.15, 0.2) is 33.5 Å². The Morgan fingerprint density at radius 1 is 0.611 bits per heavy atom. The van der Waals surface area contributed by atoms with Gasteiger partial charge in [0.2, 0.25) is 17.0 Å². The summed E-state index contributed by atoms with van der Waals surface area (Å²) in [5.74, 6) is -0.747. The van der Waals surface area contributed by atoms with E-state index >= 15 is 0 Å². The number of benzene rings is 4. The summed E-state index contributed by atoms with van der Waals surface area (Å²) in [6, 6.07) is 4.94. The molecule has 10 nitrogen and oxygen atoms in total. The number of phenols is 4. The van der Waals surface area contributed by atoms with Gasteiger partial charge in [0.1, 0.15) is 45.3 Å². The predicted octanol–water partition coefficient (Wildman–Crippen LogP) is 9.17. The maximum atomic E-state index is 13.1. The molecule has 5 aromatic rings. The maximum Gasteiger partial charge on any atom is 0.239 e. The average Bonchev–Trinajstić information content (AvgIpc) is 3.11. The molecule has 2 atom stereocenters. The minimum absolute atomic E-state index is 0.00383. The van der Waals surface area contributed by atoms with Gasteiger partial charge < -0.3 is 39.1 Å². The molecule has 0 radical (unpaired) electrons. The Hall–Kier alpha value is -5.48. The highest BCUT2D eigenvalue weighted by molar-refractivity contribution is 6.06. The van der Waals surface area contributed by atoms with E-state index in [1.54, 1.807) is 6.92 Å². The molecule has 4 aromatic carbocycles. The first-order chi connectivity index (χ1) is 25.4. The zero-order valence-electron chi connectivity index (χ0n) is 33.1. The van der Waals surface area contributed by atoms with Gasteiger partial charge in [0.25, 0.3) is 0 Å². The maximum absolute atomic E-state index is 13.1. The molecular weight excluding hydrogens is 688 g/mol. The topological polar surface area (TPSA) is 156 Å². The van der Waals surface area contributed by atoms with Crippen molar-refractivity contribution >= 4 is 16.8 Å². The van der Waals surface area contributed by atoms with Crippen LogP contribution in [0.1, 0.15) is 91.5 Å². The van der Waals surface area contributed by atoms with Crippen molar-refractivity contribution in [1.82, 2.24) is 0 Å². The summed E-state index contributed by atoms with van der Waals surface area (Å²) >= 11 is 0. The van der Waals surface area contributed by atoms with Crippen molar-refractivity contribution in [3.8, 4) is 45.8 Å². The molecule has 10 heteroatoms. The van der Waals surface area contributed by atoms with Gasteiger partial charge in [-0.15, -0.1) is 0 Å². The number of ketones is 1. The highest BCUT2D eigenvalue weighted by atomic mass is 16.5. The molecule has 1 aliphatic heterocycles. The van der Waals surface area contributed by atoms with Crippen LogP contribution in [0.25, 0.3) is 22.3 Å². The highest BCUT2D eigenvalue weighted by Gasteiger charge is 2.42. The number of carbonyl (C=O) groups excluding carboxylic acids is 1. The second kappa shape index (κ2) is 15.1. The lowest BCUT2D eigenvalue weighted by molar-refractivity contribution is -0.0183. The molecule has 0 saturated carbocycles. The molecule has 1 aliphatic rings. The van der Waals surface area contributed by atoms with Gasteiger partial charge in [-0.3, -0.25) is 9.59 Å². The average molecular weight is 739 g/mol. The number of hydrogen-bond acceptors (Lipinski definition) is 10. The quantitative estimate of drug-likeness (QED) is 0.132. The van der Waals surface area contributed by atoms with Crippen molar-refractivity contribution in [3.05, 3.63) is 101 Å². The third-order valence-corrected chi connectivity index (χ3v) is 11.2. The fourth-order valence-electron chi connectivity index (χ4n) is 7.46. The fraction of sp³-hybridized carbons (Fsp3) is 0.364. The van der Waals surface area contributed by atoms with Crippen LogP contribution in [-0.2, 0) is 4.74 Å². The second-order valence-electron chi connectivity index (χ2n) is 14.0. The lowest BCUT2D eigenvalue weighted by atomic mass is 9.83. The number of Topliss-reactive ketones (excluding diaryl/α,β-unsaturated/α-hetero) is 1. The number of phenolic OH excluding ortho intramolecular Hbond substituents is 4. The van der Waals surface area contributed by atoms with Crippen molar-refractivity contribution < 1.29 is 43.8 Å². The lowest BCUT2D eigenvalue weighted by Gasteiger charge is -2.35. The van der Waals surface area contributed by atoms with E-state index in [1.807, 2.05) is 48.5 Å². The SMILES string of the molecule is CCOC1C(=O)c2c(O)cc(O)cc2OC1c1c(C)c(C)c(C)c(C)c1C.CCOc1c(-c2c(C)c(C)c(C)c(C)c2C)oc2cc(O)cc(O)c2c1=O. The van der Waals surface area contributed by atoms with E-state index in [2.05, 4.69) is 27.7 Å². The van der Waals surface area contributed by atoms with Crippen LogP contribution < -0.4 is 14.9 Å². The zero-order valence-corrected chi connectivity index (χ0v) is 33.1. The Balaban J connectivity index is 0.000000208. The number of hydrogen-bond donors (Lipinski definition) is 4. The number of aromatic hydroxyl groups is 4. The molecule has 0 spiro atoms. The van der Waals surface area contributed by atoms with Gasteiger partial charge in [-0.1, -0.05) is 0 Å². The number of carbonyl (C=O) groups is 1. The smallest absolute Gasteiger partial charge is 0.239 e. The zero-order chi connectivity index (χ0) is 40.1. The molecule has 0 amide bonds. The van der Waals surface area contributed by atoms with Gasteiger partial charge in [-0.2, -0.15) is 0 Å². The number of ether oxygens (including phenoxy) is 3. The normalized spacial score (nSPS) is 15.1. The van der Waals surface area contributed by atoms with Crippen LogP contribution in [0.4, 0.5) is 0 Å². The second-order valence-corrected chi connectivity index (χ2v) is 14.0. The Kier molecular flexibility index (Phi) is 11.1. The predicted molar refractivity (Wildman–Crippen MR) is 209 cm³/mol. The summed E-state index contributed by atoms with van der Waals surface area (Å²) in [6.45, 7) is 24.6.